The summed E-state index contributed by atoms with van der Waals surface area (Å²) in [6, 6.07) is 15.1. The van der Waals surface area contributed by atoms with Crippen LogP contribution in [0.15, 0.2) is 78.9 Å². The summed E-state index contributed by atoms with van der Waals surface area (Å²) in [5, 5.41) is 27.0. The van der Waals surface area contributed by atoms with Crippen LogP contribution in [0.25, 0.3) is 0 Å². The molecular formula is C33H31N5O12. The molecular weight excluding hydrogens is 658 g/mol. The predicted molar refractivity (Wildman–Crippen MR) is 174 cm³/mol. The molecule has 50 heavy (non-hydrogen) atoms. The SMILES string of the molecule is O=C(CCCCCN1C(=O)C=CC1=O)NCC(=O)Nc1cc(COC(=O)Oc2ccc([N+](=O)[O-])cc2)ccc1OCc1ccc([N+](=O)[O-])cc1. The predicted octanol–water partition coefficient (Wildman–Crippen LogP) is 4.34. The number of unbranched alkanes of at least 4 members (excludes halogenated alkanes) is 2. The van der Waals surface area contributed by atoms with Gasteiger partial charge in [0.25, 0.3) is 23.2 Å². The number of carbonyl (C=O) groups is 5. The first-order valence-corrected chi connectivity index (χ1v) is 15.2. The summed E-state index contributed by atoms with van der Waals surface area (Å²) in [7, 11) is 0. The van der Waals surface area contributed by atoms with E-state index in [1.807, 2.05) is 0 Å². The first kappa shape index (κ1) is 36.2. The Morgan fingerprint density at radius 3 is 2.00 bits per heavy atom. The average Bonchev–Trinajstić information content (AvgIpc) is 3.42. The van der Waals surface area contributed by atoms with E-state index in [-0.39, 0.29) is 79.0 Å². The van der Waals surface area contributed by atoms with Crippen molar-refractivity contribution in [2.24, 2.45) is 0 Å². The van der Waals surface area contributed by atoms with E-state index in [9.17, 15) is 44.2 Å². The quantitative estimate of drug-likeness (QED) is 0.0504. The van der Waals surface area contributed by atoms with Crippen molar-refractivity contribution in [2.45, 2.75) is 38.9 Å². The zero-order valence-corrected chi connectivity index (χ0v) is 26.4. The molecule has 0 radical (unpaired) electrons. The molecule has 260 valence electrons. The molecule has 17 heteroatoms. The maximum absolute atomic E-state index is 12.8. The fraction of sp³-hybridized carbons (Fsp3) is 0.242. The molecule has 17 nitrogen and oxygen atoms in total. The summed E-state index contributed by atoms with van der Waals surface area (Å²) in [5.41, 5.74) is 0.929. The number of hydrogen-bond acceptors (Lipinski definition) is 12. The van der Waals surface area contributed by atoms with Crippen LogP contribution in [-0.4, -0.2) is 57.6 Å². The Labute approximate surface area is 284 Å². The second-order valence-electron chi connectivity index (χ2n) is 10.7. The molecule has 0 aliphatic carbocycles. The van der Waals surface area contributed by atoms with Gasteiger partial charge in [-0.05, 0) is 60.4 Å². The van der Waals surface area contributed by atoms with Crippen molar-refractivity contribution in [3.8, 4) is 11.5 Å². The molecule has 1 aliphatic rings. The second-order valence-corrected chi connectivity index (χ2v) is 10.7. The van der Waals surface area contributed by atoms with Crippen molar-refractivity contribution in [3.63, 3.8) is 0 Å². The number of anilines is 1. The molecule has 0 spiro atoms. The molecule has 4 rings (SSSR count). The van der Waals surface area contributed by atoms with Crippen LogP contribution in [0.4, 0.5) is 21.9 Å². The number of nitrogens with one attached hydrogen (secondary N) is 2. The van der Waals surface area contributed by atoms with Gasteiger partial charge in [-0.2, -0.15) is 0 Å². The normalized spacial score (nSPS) is 12.0. The Morgan fingerprint density at radius 2 is 1.36 bits per heavy atom. The molecule has 0 aromatic heterocycles. The van der Waals surface area contributed by atoms with E-state index in [1.54, 1.807) is 6.07 Å². The van der Waals surface area contributed by atoms with Crippen LogP contribution in [0, 0.1) is 20.2 Å². The van der Waals surface area contributed by atoms with Gasteiger partial charge in [-0.15, -0.1) is 0 Å². The summed E-state index contributed by atoms with van der Waals surface area (Å²) >= 11 is 0. The van der Waals surface area contributed by atoms with Gasteiger partial charge < -0.3 is 24.8 Å². The van der Waals surface area contributed by atoms with Crippen LogP contribution in [-0.2, 0) is 37.1 Å². The minimum absolute atomic E-state index is 0.00833. The lowest BCUT2D eigenvalue weighted by molar-refractivity contribution is -0.385. The van der Waals surface area contributed by atoms with Crippen molar-refractivity contribution >= 4 is 46.8 Å². The van der Waals surface area contributed by atoms with Crippen molar-refractivity contribution in [1.82, 2.24) is 10.2 Å². The lowest BCUT2D eigenvalue weighted by atomic mass is 10.1. The Balaban J connectivity index is 1.31. The van der Waals surface area contributed by atoms with E-state index in [4.69, 9.17) is 14.2 Å². The highest BCUT2D eigenvalue weighted by Crippen LogP contribution is 2.28. The van der Waals surface area contributed by atoms with Crippen molar-refractivity contribution in [3.05, 3.63) is 110 Å². The van der Waals surface area contributed by atoms with Crippen molar-refractivity contribution < 1.29 is 48.0 Å². The number of rotatable bonds is 17. The third-order valence-corrected chi connectivity index (χ3v) is 7.10. The van der Waals surface area contributed by atoms with E-state index in [0.717, 1.165) is 17.0 Å². The number of hydrogen-bond donors (Lipinski definition) is 2. The van der Waals surface area contributed by atoms with Gasteiger partial charge in [-0.25, -0.2) is 4.79 Å². The van der Waals surface area contributed by atoms with Gasteiger partial charge in [0, 0.05) is 49.4 Å². The van der Waals surface area contributed by atoms with Gasteiger partial charge >= 0.3 is 6.16 Å². The third-order valence-electron chi connectivity index (χ3n) is 7.10. The zero-order chi connectivity index (χ0) is 36.0. The number of amides is 4. The molecule has 0 saturated heterocycles. The molecule has 3 aromatic rings. The van der Waals surface area contributed by atoms with E-state index in [2.05, 4.69) is 10.6 Å². The first-order valence-electron chi connectivity index (χ1n) is 15.2. The summed E-state index contributed by atoms with van der Waals surface area (Å²) in [5.74, 6) is -1.45. The van der Waals surface area contributed by atoms with E-state index < -0.39 is 21.9 Å². The summed E-state index contributed by atoms with van der Waals surface area (Å²) in [6.07, 6.45) is 3.06. The highest BCUT2D eigenvalue weighted by atomic mass is 16.7. The molecule has 1 heterocycles. The fourth-order valence-corrected chi connectivity index (χ4v) is 4.51. The summed E-state index contributed by atoms with van der Waals surface area (Å²) in [4.78, 5) is 82.3. The molecule has 0 unspecified atom stereocenters. The monoisotopic (exact) mass is 689 g/mol. The van der Waals surface area contributed by atoms with E-state index >= 15 is 0 Å². The molecule has 4 amide bonds. The topological polar surface area (TPSA) is 227 Å². The number of carbonyl (C=O) groups excluding carboxylic acids is 5. The van der Waals surface area contributed by atoms with Gasteiger partial charge in [-0.1, -0.05) is 12.5 Å². The fourth-order valence-electron chi connectivity index (χ4n) is 4.51. The zero-order valence-electron chi connectivity index (χ0n) is 26.4. The molecule has 0 saturated carbocycles. The molecule has 0 fully saturated rings. The number of nitro groups is 2. The average molecular weight is 690 g/mol. The largest absolute Gasteiger partial charge is 0.514 e. The lowest BCUT2D eigenvalue weighted by Crippen LogP contribution is -2.33. The molecule has 0 atom stereocenters. The Hall–Kier alpha value is -6.65. The minimum atomic E-state index is -1.08. The summed E-state index contributed by atoms with van der Waals surface area (Å²) in [6.45, 7) is -0.407. The standard InChI is InChI=1S/C33H31N5O12/c39-29(4-2-1-3-17-36-31(41)15-16-32(36)42)34-19-30(40)35-27-18-23(21-49-33(43)50-26-12-10-25(11-13-26)38(46)47)7-14-28(27)48-20-22-5-8-24(9-6-22)37(44)45/h5-16,18H,1-4,17,19-21H2,(H,34,39)(H,35,40). The molecule has 0 bridgehead atoms. The van der Waals surface area contributed by atoms with Crippen LogP contribution in [0.5, 0.6) is 11.5 Å². The van der Waals surface area contributed by atoms with Crippen LogP contribution in [0.3, 0.4) is 0 Å². The highest BCUT2D eigenvalue weighted by Gasteiger charge is 2.22. The lowest BCUT2D eigenvalue weighted by Gasteiger charge is -2.15. The maximum Gasteiger partial charge on any atom is 0.514 e. The Kier molecular flexibility index (Phi) is 12.7. The highest BCUT2D eigenvalue weighted by molar-refractivity contribution is 6.12. The van der Waals surface area contributed by atoms with Crippen LogP contribution in [0.2, 0.25) is 0 Å². The first-order chi connectivity index (χ1) is 24.0. The Bertz CT molecular complexity index is 1770. The molecule has 3 aromatic carbocycles. The number of benzene rings is 3. The van der Waals surface area contributed by atoms with E-state index in [0.29, 0.717) is 30.4 Å². The van der Waals surface area contributed by atoms with Crippen molar-refractivity contribution in [1.29, 1.82) is 0 Å². The Morgan fingerprint density at radius 1 is 0.740 bits per heavy atom. The van der Waals surface area contributed by atoms with Gasteiger partial charge in [-0.3, -0.25) is 44.3 Å². The number of non-ortho nitro benzene ring substituents is 2. The van der Waals surface area contributed by atoms with Crippen LogP contribution < -0.4 is 20.1 Å². The second kappa shape index (κ2) is 17.5. The third kappa shape index (κ3) is 11.0. The van der Waals surface area contributed by atoms with Crippen LogP contribution in [0.1, 0.15) is 36.8 Å². The van der Waals surface area contributed by atoms with E-state index in [1.165, 1.54) is 60.7 Å². The van der Waals surface area contributed by atoms with Gasteiger partial charge in [0.15, 0.2) is 0 Å². The van der Waals surface area contributed by atoms with Gasteiger partial charge in [0.2, 0.25) is 11.8 Å². The van der Waals surface area contributed by atoms with Crippen molar-refractivity contribution in [2.75, 3.05) is 18.4 Å². The molecule has 2 N–H and O–H groups in total. The van der Waals surface area contributed by atoms with Crippen LogP contribution >= 0.6 is 0 Å². The smallest absolute Gasteiger partial charge is 0.487 e. The van der Waals surface area contributed by atoms with Gasteiger partial charge in [0.05, 0.1) is 22.1 Å². The number of ether oxygens (including phenoxy) is 3. The number of imide groups is 1. The maximum atomic E-state index is 12.8. The number of nitro benzene ring substituents is 2. The molecule has 1 aliphatic heterocycles. The number of nitrogens with zero attached hydrogens (tertiary/aromatic N) is 3. The summed E-state index contributed by atoms with van der Waals surface area (Å²) < 4.78 is 16.0. The minimum Gasteiger partial charge on any atom is -0.487 e. The van der Waals surface area contributed by atoms with Gasteiger partial charge in [0.1, 0.15) is 24.7 Å².